The predicted molar refractivity (Wildman–Crippen MR) is 115 cm³/mol. The van der Waals surface area contributed by atoms with Crippen molar-refractivity contribution in [2.45, 2.75) is 56.6 Å². The van der Waals surface area contributed by atoms with E-state index in [9.17, 15) is 18.0 Å². The molecule has 10 heteroatoms. The average molecular weight is 473 g/mol. The zero-order valence-corrected chi connectivity index (χ0v) is 19.4. The van der Waals surface area contributed by atoms with Gasteiger partial charge in [-0.2, -0.15) is 4.31 Å². The molecule has 1 aromatic rings. The van der Waals surface area contributed by atoms with Crippen LogP contribution in [0.25, 0.3) is 0 Å². The van der Waals surface area contributed by atoms with Crippen molar-refractivity contribution >= 4 is 33.5 Å². The highest BCUT2D eigenvalue weighted by Gasteiger charge is 2.30. The number of nitrogens with zero attached hydrogens (tertiary/aromatic N) is 1. The Bertz CT molecular complexity index is 916. The summed E-state index contributed by atoms with van der Waals surface area (Å²) in [5.74, 6) is -0.846. The molecule has 2 fully saturated rings. The molecule has 0 unspecified atom stereocenters. The van der Waals surface area contributed by atoms with E-state index in [1.54, 1.807) is 0 Å². The first-order chi connectivity index (χ1) is 14.7. The van der Waals surface area contributed by atoms with Crippen molar-refractivity contribution in [3.8, 4) is 0 Å². The number of morpholine rings is 1. The fourth-order valence-electron chi connectivity index (χ4n) is 3.87. The summed E-state index contributed by atoms with van der Waals surface area (Å²) >= 11 is 6.13. The molecule has 2 aliphatic rings. The number of sulfonamides is 1. The van der Waals surface area contributed by atoms with Crippen LogP contribution in [0.1, 0.15) is 49.9 Å². The van der Waals surface area contributed by atoms with Gasteiger partial charge in [0.25, 0.3) is 5.91 Å². The number of nitrogens with one attached hydrogen (secondary N) is 1. The molecule has 1 amide bonds. The van der Waals surface area contributed by atoms with Gasteiger partial charge < -0.3 is 14.8 Å². The minimum Gasteiger partial charge on any atom is -0.449 e. The summed E-state index contributed by atoms with van der Waals surface area (Å²) in [5, 5.41) is 3.01. The van der Waals surface area contributed by atoms with Crippen LogP contribution >= 0.6 is 11.6 Å². The molecule has 3 atom stereocenters. The van der Waals surface area contributed by atoms with E-state index in [1.807, 2.05) is 0 Å². The van der Waals surface area contributed by atoms with Gasteiger partial charge in [-0.25, -0.2) is 13.2 Å². The van der Waals surface area contributed by atoms with Gasteiger partial charge in [0.2, 0.25) is 10.0 Å². The van der Waals surface area contributed by atoms with E-state index in [0.717, 1.165) is 25.7 Å². The summed E-state index contributed by atoms with van der Waals surface area (Å²) in [6, 6.07) is 3.96. The maximum absolute atomic E-state index is 12.9. The molecule has 0 radical (unpaired) electrons. The highest BCUT2D eigenvalue weighted by molar-refractivity contribution is 7.89. The molecule has 1 aliphatic heterocycles. The standard InChI is InChI=1S/C21H29ClN2O6S/c1-14-5-3-4-6-19(14)23-20(25)15(2)30-21(26)17-13-16(7-8-18(17)22)31(27,28)24-9-11-29-12-10-24/h7-8,13-15,19H,3-6,9-12H2,1-2H3,(H,23,25)/t14-,15-,19+/m1/s1. The van der Waals surface area contributed by atoms with Crippen LogP contribution in [0.3, 0.4) is 0 Å². The topological polar surface area (TPSA) is 102 Å². The Kier molecular flexibility index (Phi) is 7.96. The number of carbonyl (C=O) groups is 2. The fraction of sp³-hybridized carbons (Fsp3) is 0.619. The number of esters is 1. The van der Waals surface area contributed by atoms with Crippen molar-refractivity contribution in [2.24, 2.45) is 5.92 Å². The van der Waals surface area contributed by atoms with Gasteiger partial charge in [-0.1, -0.05) is 31.4 Å². The lowest BCUT2D eigenvalue weighted by molar-refractivity contribution is -0.130. The highest BCUT2D eigenvalue weighted by Crippen LogP contribution is 2.26. The third-order valence-corrected chi connectivity index (χ3v) is 8.08. The van der Waals surface area contributed by atoms with Crippen molar-refractivity contribution < 1.29 is 27.5 Å². The van der Waals surface area contributed by atoms with Gasteiger partial charge >= 0.3 is 5.97 Å². The molecule has 1 aliphatic carbocycles. The third kappa shape index (κ3) is 5.77. The van der Waals surface area contributed by atoms with Crippen LogP contribution in [-0.4, -0.2) is 63.0 Å². The lowest BCUT2D eigenvalue weighted by Crippen LogP contribution is -2.46. The molecule has 0 spiro atoms. The van der Waals surface area contributed by atoms with Crippen LogP contribution in [-0.2, 0) is 24.3 Å². The first kappa shape index (κ1) is 24.0. The van der Waals surface area contributed by atoms with Crippen LogP contribution < -0.4 is 5.32 Å². The van der Waals surface area contributed by atoms with E-state index in [-0.39, 0.29) is 40.5 Å². The molecule has 1 N–H and O–H groups in total. The third-order valence-electron chi connectivity index (χ3n) is 5.86. The number of amides is 1. The first-order valence-electron chi connectivity index (χ1n) is 10.6. The average Bonchev–Trinajstić information content (AvgIpc) is 2.76. The Morgan fingerprint density at radius 1 is 1.23 bits per heavy atom. The van der Waals surface area contributed by atoms with Crippen molar-refractivity contribution in [1.29, 1.82) is 0 Å². The van der Waals surface area contributed by atoms with Crippen LogP contribution in [0.15, 0.2) is 23.1 Å². The smallest absolute Gasteiger partial charge is 0.340 e. The number of ether oxygens (including phenoxy) is 2. The SMILES string of the molecule is C[C@@H]1CCCC[C@@H]1NC(=O)[C@@H](C)OC(=O)c1cc(S(=O)(=O)N2CCOCC2)ccc1Cl. The molecule has 1 saturated carbocycles. The van der Waals surface area contributed by atoms with Crippen molar-refractivity contribution in [2.75, 3.05) is 26.3 Å². The van der Waals surface area contributed by atoms with Crippen LogP contribution in [0, 0.1) is 5.92 Å². The highest BCUT2D eigenvalue weighted by atomic mass is 35.5. The molecule has 3 rings (SSSR count). The van der Waals surface area contributed by atoms with Gasteiger partial charge in [-0.05, 0) is 43.9 Å². The van der Waals surface area contributed by atoms with E-state index in [2.05, 4.69) is 12.2 Å². The molecule has 1 aromatic carbocycles. The summed E-state index contributed by atoms with van der Waals surface area (Å²) in [6.45, 7) is 4.69. The molecule has 172 valence electrons. The van der Waals surface area contributed by atoms with E-state index >= 15 is 0 Å². The summed E-state index contributed by atoms with van der Waals surface area (Å²) in [4.78, 5) is 25.1. The van der Waals surface area contributed by atoms with Crippen LogP contribution in [0.2, 0.25) is 5.02 Å². The molecule has 1 heterocycles. The van der Waals surface area contributed by atoms with E-state index in [4.69, 9.17) is 21.1 Å². The second kappa shape index (κ2) is 10.3. The van der Waals surface area contributed by atoms with Crippen molar-refractivity contribution in [1.82, 2.24) is 9.62 Å². The zero-order valence-electron chi connectivity index (χ0n) is 17.8. The molecular formula is C21H29ClN2O6S. The molecule has 31 heavy (non-hydrogen) atoms. The number of hydrogen-bond acceptors (Lipinski definition) is 6. The summed E-state index contributed by atoms with van der Waals surface area (Å²) in [5.41, 5.74) is -0.0957. The number of benzene rings is 1. The molecule has 8 nitrogen and oxygen atoms in total. The Hall–Kier alpha value is -1.68. The van der Waals surface area contributed by atoms with Gasteiger partial charge in [-0.15, -0.1) is 0 Å². The first-order valence-corrected chi connectivity index (χ1v) is 12.4. The maximum atomic E-state index is 12.9. The predicted octanol–water partition coefficient (Wildman–Crippen LogP) is 2.60. The number of carbonyl (C=O) groups excluding carboxylic acids is 2. The largest absolute Gasteiger partial charge is 0.449 e. The van der Waals surface area contributed by atoms with Gasteiger partial charge in [0.1, 0.15) is 0 Å². The molecular weight excluding hydrogens is 444 g/mol. The van der Waals surface area contributed by atoms with E-state index in [0.29, 0.717) is 19.1 Å². The second-order valence-electron chi connectivity index (χ2n) is 8.08. The van der Waals surface area contributed by atoms with Gasteiger partial charge in [0.05, 0.1) is 28.7 Å². The Morgan fingerprint density at radius 2 is 1.90 bits per heavy atom. The fourth-order valence-corrected chi connectivity index (χ4v) is 5.50. The van der Waals surface area contributed by atoms with Gasteiger partial charge in [0, 0.05) is 19.1 Å². The van der Waals surface area contributed by atoms with Gasteiger partial charge in [-0.3, -0.25) is 4.79 Å². The van der Waals surface area contributed by atoms with Crippen molar-refractivity contribution in [3.63, 3.8) is 0 Å². The summed E-state index contributed by atoms with van der Waals surface area (Å²) in [6.07, 6.45) is 3.14. The Balaban J connectivity index is 1.69. The summed E-state index contributed by atoms with van der Waals surface area (Å²) in [7, 11) is -3.80. The Morgan fingerprint density at radius 3 is 2.58 bits per heavy atom. The Labute approximate surface area is 188 Å². The van der Waals surface area contributed by atoms with Gasteiger partial charge in [0.15, 0.2) is 6.10 Å². The van der Waals surface area contributed by atoms with E-state index in [1.165, 1.54) is 29.4 Å². The quantitative estimate of drug-likeness (QED) is 0.638. The second-order valence-corrected chi connectivity index (χ2v) is 10.4. The maximum Gasteiger partial charge on any atom is 0.340 e. The minimum absolute atomic E-state index is 0.0550. The van der Waals surface area contributed by atoms with Crippen LogP contribution in [0.4, 0.5) is 0 Å². The zero-order chi connectivity index (χ0) is 22.6. The van der Waals surface area contributed by atoms with E-state index < -0.39 is 22.1 Å². The lowest BCUT2D eigenvalue weighted by atomic mass is 9.86. The summed E-state index contributed by atoms with van der Waals surface area (Å²) < 4.78 is 37.5. The molecule has 0 bridgehead atoms. The molecule has 0 aromatic heterocycles. The number of rotatable bonds is 6. The minimum atomic E-state index is -3.80. The number of hydrogen-bond donors (Lipinski definition) is 1. The lowest BCUT2D eigenvalue weighted by Gasteiger charge is -2.30. The van der Waals surface area contributed by atoms with Crippen molar-refractivity contribution in [3.05, 3.63) is 28.8 Å². The van der Waals surface area contributed by atoms with Crippen LogP contribution in [0.5, 0.6) is 0 Å². The number of halogens is 1. The normalized spacial score (nSPS) is 23.7. The molecule has 1 saturated heterocycles. The monoisotopic (exact) mass is 472 g/mol.